The molecule has 6 heteroatoms. The van der Waals surface area contributed by atoms with E-state index in [1.165, 1.54) is 5.56 Å². The molecule has 0 radical (unpaired) electrons. The summed E-state index contributed by atoms with van der Waals surface area (Å²) in [6.07, 6.45) is 1.57. The van der Waals surface area contributed by atoms with Crippen LogP contribution in [-0.2, 0) is 11.2 Å². The van der Waals surface area contributed by atoms with Crippen molar-refractivity contribution in [2.45, 2.75) is 25.8 Å². The van der Waals surface area contributed by atoms with Gasteiger partial charge in [0, 0.05) is 0 Å². The molecule has 0 bridgehead atoms. The Balaban J connectivity index is 1.92. The third-order valence-electron chi connectivity index (χ3n) is 2.90. The van der Waals surface area contributed by atoms with Gasteiger partial charge in [0.2, 0.25) is 0 Å². The number of hydrogen-bond donors (Lipinski definition) is 2. The first-order chi connectivity index (χ1) is 9.70. The second-order valence-electron chi connectivity index (χ2n) is 4.40. The van der Waals surface area contributed by atoms with Crippen LogP contribution in [0.5, 0.6) is 0 Å². The number of nitrogens with two attached hydrogens (primary N) is 1. The number of carbonyl (C=O) groups excluding carboxylic acids is 1. The third-order valence-corrected chi connectivity index (χ3v) is 2.90. The zero-order chi connectivity index (χ0) is 14.4. The lowest BCUT2D eigenvalue weighted by atomic mass is 10.1. The summed E-state index contributed by atoms with van der Waals surface area (Å²) in [4.78, 5) is 15.5. The Kier molecular flexibility index (Phi) is 4.84. The number of ether oxygens (including phenoxy) is 1. The maximum Gasteiger partial charge on any atom is 0.378 e. The number of nitrogens with one attached hydrogen (secondary N) is 1. The van der Waals surface area contributed by atoms with Crippen molar-refractivity contribution >= 4 is 5.97 Å². The highest BCUT2D eigenvalue weighted by atomic mass is 16.5. The second-order valence-corrected chi connectivity index (χ2v) is 4.40. The minimum Gasteiger partial charge on any atom is -0.460 e. The van der Waals surface area contributed by atoms with E-state index < -0.39 is 5.97 Å². The molecule has 1 heterocycles. The molecule has 0 aliphatic rings. The predicted molar refractivity (Wildman–Crippen MR) is 74.0 cm³/mol. The van der Waals surface area contributed by atoms with Gasteiger partial charge in [-0.05, 0) is 25.3 Å². The molecule has 1 unspecified atom stereocenters. The van der Waals surface area contributed by atoms with Gasteiger partial charge in [-0.25, -0.2) is 9.78 Å². The first kappa shape index (κ1) is 14.2. The molecule has 0 amide bonds. The minimum atomic E-state index is -0.537. The quantitative estimate of drug-likeness (QED) is 0.780. The van der Waals surface area contributed by atoms with E-state index in [-0.39, 0.29) is 11.9 Å². The molecule has 1 atom stereocenters. The normalized spacial score (nSPS) is 12.1. The van der Waals surface area contributed by atoms with Crippen LogP contribution in [0.1, 0.15) is 41.4 Å². The van der Waals surface area contributed by atoms with Crippen LogP contribution in [0.4, 0.5) is 0 Å². The van der Waals surface area contributed by atoms with Crippen molar-refractivity contribution in [3.8, 4) is 0 Å². The number of H-pyrrole nitrogens is 1. The Labute approximate surface area is 117 Å². The van der Waals surface area contributed by atoms with E-state index in [4.69, 9.17) is 10.5 Å². The first-order valence-electron chi connectivity index (χ1n) is 6.59. The average Bonchev–Trinajstić information content (AvgIpc) is 2.96. The second kappa shape index (κ2) is 6.81. The van der Waals surface area contributed by atoms with Gasteiger partial charge in [-0.15, -0.1) is 5.10 Å². The maximum absolute atomic E-state index is 11.5. The Bertz CT molecular complexity index is 553. The average molecular weight is 274 g/mol. The van der Waals surface area contributed by atoms with E-state index in [0.29, 0.717) is 12.4 Å². The lowest BCUT2D eigenvalue weighted by molar-refractivity contribution is 0.0512. The highest BCUT2D eigenvalue weighted by molar-refractivity contribution is 5.84. The molecular weight excluding hydrogens is 256 g/mol. The van der Waals surface area contributed by atoms with Crippen LogP contribution in [0.3, 0.4) is 0 Å². The van der Waals surface area contributed by atoms with Crippen molar-refractivity contribution in [3.63, 3.8) is 0 Å². The van der Waals surface area contributed by atoms with Gasteiger partial charge in [-0.2, -0.15) is 0 Å². The summed E-state index contributed by atoms with van der Waals surface area (Å²) in [7, 11) is 0. The van der Waals surface area contributed by atoms with Crippen molar-refractivity contribution in [1.82, 2.24) is 15.2 Å². The molecule has 2 rings (SSSR count). The van der Waals surface area contributed by atoms with Crippen LogP contribution in [0.25, 0.3) is 0 Å². The van der Waals surface area contributed by atoms with Crippen molar-refractivity contribution in [2.75, 3.05) is 6.61 Å². The number of aromatic nitrogens is 3. The summed E-state index contributed by atoms with van der Waals surface area (Å²) >= 11 is 0. The standard InChI is InChI=1S/C14H18N4O2/c1-2-20-14(19)13-16-12(17-18-13)11(15)9-8-10-6-4-3-5-7-10/h3-7,11H,2,8-9,15H2,1H3,(H,16,17,18). The Hall–Kier alpha value is -2.21. The molecule has 6 nitrogen and oxygen atoms in total. The van der Waals surface area contributed by atoms with E-state index >= 15 is 0 Å². The van der Waals surface area contributed by atoms with Crippen LogP contribution >= 0.6 is 0 Å². The van der Waals surface area contributed by atoms with E-state index in [2.05, 4.69) is 27.3 Å². The van der Waals surface area contributed by atoms with Crippen molar-refractivity contribution in [2.24, 2.45) is 5.73 Å². The molecule has 0 aliphatic carbocycles. The fourth-order valence-electron chi connectivity index (χ4n) is 1.83. The third kappa shape index (κ3) is 3.64. The zero-order valence-electron chi connectivity index (χ0n) is 11.4. The summed E-state index contributed by atoms with van der Waals surface area (Å²) in [6.45, 7) is 2.03. The summed E-state index contributed by atoms with van der Waals surface area (Å²) in [5.41, 5.74) is 7.26. The van der Waals surface area contributed by atoms with Crippen LogP contribution < -0.4 is 5.73 Å². The summed E-state index contributed by atoms with van der Waals surface area (Å²) in [5.74, 6) is -0.00810. The number of esters is 1. The molecule has 106 valence electrons. The van der Waals surface area contributed by atoms with Gasteiger partial charge in [0.1, 0.15) is 5.82 Å². The van der Waals surface area contributed by atoms with E-state index in [1.807, 2.05) is 18.2 Å². The Morgan fingerprint density at radius 2 is 2.15 bits per heavy atom. The smallest absolute Gasteiger partial charge is 0.378 e. The van der Waals surface area contributed by atoms with Gasteiger partial charge in [0.05, 0.1) is 12.6 Å². The fraction of sp³-hybridized carbons (Fsp3) is 0.357. The Morgan fingerprint density at radius 1 is 1.40 bits per heavy atom. The van der Waals surface area contributed by atoms with Crippen LogP contribution in [0, 0.1) is 0 Å². The van der Waals surface area contributed by atoms with E-state index in [9.17, 15) is 4.79 Å². The number of aryl methyl sites for hydroxylation is 1. The van der Waals surface area contributed by atoms with Gasteiger partial charge in [0.25, 0.3) is 5.82 Å². The topological polar surface area (TPSA) is 93.9 Å². The number of rotatable bonds is 6. The molecule has 20 heavy (non-hydrogen) atoms. The molecule has 1 aromatic carbocycles. The lowest BCUT2D eigenvalue weighted by Crippen LogP contribution is -2.13. The minimum absolute atomic E-state index is 0.0250. The molecule has 0 saturated carbocycles. The number of nitrogens with zero attached hydrogens (tertiary/aromatic N) is 2. The van der Waals surface area contributed by atoms with Crippen molar-refractivity contribution in [1.29, 1.82) is 0 Å². The number of hydrogen-bond acceptors (Lipinski definition) is 5. The number of carbonyl (C=O) groups is 1. The lowest BCUT2D eigenvalue weighted by Gasteiger charge is -2.07. The summed E-state index contributed by atoms with van der Waals surface area (Å²) in [6, 6.07) is 9.79. The molecule has 3 N–H and O–H groups in total. The van der Waals surface area contributed by atoms with Gasteiger partial charge in [-0.3, -0.25) is 5.10 Å². The molecule has 0 spiro atoms. The highest BCUT2D eigenvalue weighted by Crippen LogP contribution is 2.13. The zero-order valence-corrected chi connectivity index (χ0v) is 11.4. The van der Waals surface area contributed by atoms with Gasteiger partial charge >= 0.3 is 5.97 Å². The molecule has 1 aromatic heterocycles. The molecule has 0 saturated heterocycles. The SMILES string of the molecule is CCOC(=O)c1n[nH]c(C(N)CCc2ccccc2)n1. The maximum atomic E-state index is 11.5. The monoisotopic (exact) mass is 274 g/mol. The van der Waals surface area contributed by atoms with Gasteiger partial charge < -0.3 is 10.5 Å². The van der Waals surface area contributed by atoms with E-state index in [0.717, 1.165) is 12.8 Å². The van der Waals surface area contributed by atoms with Crippen molar-refractivity contribution in [3.05, 3.63) is 47.5 Å². The molecular formula is C14H18N4O2. The number of benzene rings is 1. The van der Waals surface area contributed by atoms with Crippen LogP contribution in [0.15, 0.2) is 30.3 Å². The van der Waals surface area contributed by atoms with E-state index in [1.54, 1.807) is 6.92 Å². The predicted octanol–water partition coefficient (Wildman–Crippen LogP) is 1.61. The molecule has 0 fully saturated rings. The van der Waals surface area contributed by atoms with Crippen LogP contribution in [-0.4, -0.2) is 27.8 Å². The number of aromatic amines is 1. The largest absolute Gasteiger partial charge is 0.460 e. The molecule has 0 aliphatic heterocycles. The first-order valence-corrected chi connectivity index (χ1v) is 6.59. The summed E-state index contributed by atoms with van der Waals surface area (Å²) < 4.78 is 4.83. The molecule has 2 aromatic rings. The van der Waals surface area contributed by atoms with Crippen molar-refractivity contribution < 1.29 is 9.53 Å². The van der Waals surface area contributed by atoms with Crippen LogP contribution in [0.2, 0.25) is 0 Å². The summed E-state index contributed by atoms with van der Waals surface area (Å²) in [5, 5.41) is 6.51. The van der Waals surface area contributed by atoms with Gasteiger partial charge in [0.15, 0.2) is 0 Å². The Morgan fingerprint density at radius 3 is 2.85 bits per heavy atom. The van der Waals surface area contributed by atoms with Gasteiger partial charge in [-0.1, -0.05) is 30.3 Å². The fourth-order valence-corrected chi connectivity index (χ4v) is 1.83. The highest BCUT2D eigenvalue weighted by Gasteiger charge is 2.17.